The molecule has 0 spiro atoms. The number of nitrogens with one attached hydrogen (secondary N) is 3. The van der Waals surface area contributed by atoms with Gasteiger partial charge in [-0.05, 0) is 18.4 Å². The minimum Gasteiger partial charge on any atom is -0.350 e. The van der Waals surface area contributed by atoms with Gasteiger partial charge in [-0.15, -0.1) is 0 Å². The standard InChI is InChI=1S/C16H27N7O2S/c1-22(6-3-12-8-19-20-9-12)16-18-4-2-15(21-16)23-7-5-17-13-10-26(24,25)11-14(13)23/h2,4,12-14,17,19-20H,3,5-11H2,1H3/t13-,14+/m1/s1. The molecule has 144 valence electrons. The van der Waals surface area contributed by atoms with Gasteiger partial charge in [0.1, 0.15) is 5.82 Å². The van der Waals surface area contributed by atoms with Crippen LogP contribution >= 0.6 is 0 Å². The number of nitrogens with zero attached hydrogens (tertiary/aromatic N) is 4. The fourth-order valence-electron chi connectivity index (χ4n) is 4.02. The van der Waals surface area contributed by atoms with Crippen molar-refractivity contribution in [3.8, 4) is 0 Å². The van der Waals surface area contributed by atoms with E-state index in [0.717, 1.165) is 45.0 Å². The van der Waals surface area contributed by atoms with Crippen LogP contribution in [-0.4, -0.2) is 81.7 Å². The molecule has 0 aliphatic carbocycles. The molecule has 1 aromatic heterocycles. The first-order chi connectivity index (χ1) is 12.5. The van der Waals surface area contributed by atoms with Crippen LogP contribution in [0, 0.1) is 5.92 Å². The smallest absolute Gasteiger partial charge is 0.226 e. The van der Waals surface area contributed by atoms with Crippen LogP contribution in [0.5, 0.6) is 0 Å². The molecule has 3 N–H and O–H groups in total. The van der Waals surface area contributed by atoms with Crippen molar-refractivity contribution < 1.29 is 8.42 Å². The summed E-state index contributed by atoms with van der Waals surface area (Å²) in [5, 5.41) is 3.34. The summed E-state index contributed by atoms with van der Waals surface area (Å²) in [7, 11) is -0.975. The van der Waals surface area contributed by atoms with Crippen LogP contribution in [0.4, 0.5) is 11.8 Å². The van der Waals surface area contributed by atoms with Crippen LogP contribution in [0.3, 0.4) is 0 Å². The number of fused-ring (bicyclic) bond motifs is 1. The molecule has 0 radical (unpaired) electrons. The Morgan fingerprint density at radius 1 is 1.31 bits per heavy atom. The van der Waals surface area contributed by atoms with Gasteiger partial charge in [-0.1, -0.05) is 0 Å². The van der Waals surface area contributed by atoms with E-state index in [2.05, 4.69) is 31.0 Å². The average Bonchev–Trinajstić information content (AvgIpc) is 3.25. The lowest BCUT2D eigenvalue weighted by Crippen LogP contribution is -2.57. The molecule has 3 fully saturated rings. The van der Waals surface area contributed by atoms with Gasteiger partial charge >= 0.3 is 0 Å². The number of hydrogen-bond donors (Lipinski definition) is 3. The largest absolute Gasteiger partial charge is 0.350 e. The Hall–Kier alpha value is -1.49. The van der Waals surface area contributed by atoms with Gasteiger partial charge in [-0.3, -0.25) is 10.9 Å². The normalized spacial score (nSPS) is 28.3. The highest BCUT2D eigenvalue weighted by atomic mass is 32.2. The van der Waals surface area contributed by atoms with Crippen molar-refractivity contribution in [2.24, 2.45) is 5.92 Å². The summed E-state index contributed by atoms with van der Waals surface area (Å²) in [6.45, 7) is 4.41. The van der Waals surface area contributed by atoms with Crippen LogP contribution in [0.1, 0.15) is 6.42 Å². The van der Waals surface area contributed by atoms with Crippen LogP contribution in [0.25, 0.3) is 0 Å². The first-order valence-corrected chi connectivity index (χ1v) is 11.0. The molecule has 9 nitrogen and oxygen atoms in total. The van der Waals surface area contributed by atoms with Crippen LogP contribution < -0.4 is 26.0 Å². The Balaban J connectivity index is 1.46. The van der Waals surface area contributed by atoms with Crippen LogP contribution in [0.2, 0.25) is 0 Å². The third kappa shape index (κ3) is 3.78. The Kier molecular flexibility index (Phi) is 5.00. The minimum absolute atomic E-state index is 0.00717. The van der Waals surface area contributed by atoms with Crippen LogP contribution in [0.15, 0.2) is 12.3 Å². The number of anilines is 2. The lowest BCUT2D eigenvalue weighted by Gasteiger charge is -2.38. The summed E-state index contributed by atoms with van der Waals surface area (Å²) < 4.78 is 24.1. The fourth-order valence-corrected chi connectivity index (χ4v) is 5.98. The second-order valence-corrected chi connectivity index (χ2v) is 9.60. The topological polar surface area (TPSA) is 102 Å². The molecule has 0 bridgehead atoms. The third-order valence-electron chi connectivity index (χ3n) is 5.53. The highest BCUT2D eigenvalue weighted by Gasteiger charge is 2.43. The molecule has 4 rings (SSSR count). The lowest BCUT2D eigenvalue weighted by atomic mass is 10.1. The Morgan fingerprint density at radius 2 is 2.12 bits per heavy atom. The predicted molar refractivity (Wildman–Crippen MR) is 101 cm³/mol. The van der Waals surface area contributed by atoms with Crippen LogP contribution in [-0.2, 0) is 9.84 Å². The number of sulfone groups is 1. The van der Waals surface area contributed by atoms with E-state index in [1.807, 2.05) is 13.1 Å². The zero-order valence-corrected chi connectivity index (χ0v) is 15.9. The molecule has 3 aliphatic heterocycles. The lowest BCUT2D eigenvalue weighted by molar-refractivity contribution is 0.422. The molecule has 26 heavy (non-hydrogen) atoms. The van der Waals surface area contributed by atoms with E-state index in [0.29, 0.717) is 11.9 Å². The van der Waals surface area contributed by atoms with E-state index in [1.54, 1.807) is 6.20 Å². The van der Waals surface area contributed by atoms with Gasteiger partial charge in [-0.2, -0.15) is 4.98 Å². The maximum atomic E-state index is 12.0. The zero-order chi connectivity index (χ0) is 18.1. The molecule has 0 saturated carbocycles. The van der Waals surface area contributed by atoms with Crippen molar-refractivity contribution in [3.63, 3.8) is 0 Å². The van der Waals surface area contributed by atoms with Crippen molar-refractivity contribution in [2.45, 2.75) is 18.5 Å². The van der Waals surface area contributed by atoms with Crippen molar-refractivity contribution in [3.05, 3.63) is 12.3 Å². The first-order valence-electron chi connectivity index (χ1n) is 9.22. The van der Waals surface area contributed by atoms with Gasteiger partial charge in [0.05, 0.1) is 17.5 Å². The first kappa shape index (κ1) is 17.9. The summed E-state index contributed by atoms with van der Waals surface area (Å²) in [6.07, 6.45) is 2.84. The summed E-state index contributed by atoms with van der Waals surface area (Å²) in [6, 6.07) is 1.83. The van der Waals surface area contributed by atoms with Crippen molar-refractivity contribution in [1.82, 2.24) is 26.1 Å². The highest BCUT2D eigenvalue weighted by molar-refractivity contribution is 7.91. The van der Waals surface area contributed by atoms with Gasteiger partial charge < -0.3 is 15.1 Å². The quantitative estimate of drug-likeness (QED) is 0.568. The predicted octanol–water partition coefficient (Wildman–Crippen LogP) is -1.40. The number of hydrogen-bond acceptors (Lipinski definition) is 9. The second-order valence-electron chi connectivity index (χ2n) is 7.45. The molecule has 10 heteroatoms. The van der Waals surface area contributed by atoms with Crippen molar-refractivity contribution in [2.75, 3.05) is 61.1 Å². The van der Waals surface area contributed by atoms with Crippen molar-refractivity contribution >= 4 is 21.6 Å². The number of piperazine rings is 1. The van der Waals surface area contributed by atoms with E-state index in [4.69, 9.17) is 4.98 Å². The Morgan fingerprint density at radius 3 is 2.92 bits per heavy atom. The molecule has 0 unspecified atom stereocenters. The number of rotatable bonds is 5. The van der Waals surface area contributed by atoms with E-state index in [-0.39, 0.29) is 23.6 Å². The average molecular weight is 382 g/mol. The summed E-state index contributed by atoms with van der Waals surface area (Å²) >= 11 is 0. The number of hydrazine groups is 1. The fraction of sp³-hybridized carbons (Fsp3) is 0.750. The maximum absolute atomic E-state index is 12.0. The molecule has 0 amide bonds. The second kappa shape index (κ2) is 7.26. The summed E-state index contributed by atoms with van der Waals surface area (Å²) in [5.74, 6) is 2.55. The minimum atomic E-state index is -2.98. The van der Waals surface area contributed by atoms with Gasteiger partial charge in [0.25, 0.3) is 0 Å². The molecular weight excluding hydrogens is 354 g/mol. The summed E-state index contributed by atoms with van der Waals surface area (Å²) in [5.41, 5.74) is 6.31. The van der Waals surface area contributed by atoms with Crippen molar-refractivity contribution in [1.29, 1.82) is 0 Å². The molecule has 3 saturated heterocycles. The van der Waals surface area contributed by atoms with Gasteiger partial charge in [0.15, 0.2) is 9.84 Å². The van der Waals surface area contributed by atoms with Gasteiger partial charge in [0, 0.05) is 52.0 Å². The monoisotopic (exact) mass is 381 g/mol. The van der Waals surface area contributed by atoms with E-state index in [9.17, 15) is 8.42 Å². The molecule has 0 aromatic carbocycles. The van der Waals surface area contributed by atoms with Gasteiger partial charge in [0.2, 0.25) is 5.95 Å². The number of aromatic nitrogens is 2. The molecule has 1 aromatic rings. The Labute approximate surface area is 154 Å². The van der Waals surface area contributed by atoms with E-state index in [1.165, 1.54) is 0 Å². The van der Waals surface area contributed by atoms with E-state index >= 15 is 0 Å². The Bertz CT molecular complexity index is 738. The maximum Gasteiger partial charge on any atom is 0.226 e. The zero-order valence-electron chi connectivity index (χ0n) is 15.1. The van der Waals surface area contributed by atoms with E-state index < -0.39 is 9.84 Å². The summed E-state index contributed by atoms with van der Waals surface area (Å²) in [4.78, 5) is 13.4. The molecule has 3 aliphatic rings. The SMILES string of the molecule is CN(CCC1CNNC1)c1nccc(N2CCN[C@@H]3CS(=O)(=O)C[C@@H]32)n1. The van der Waals surface area contributed by atoms with Gasteiger partial charge in [-0.25, -0.2) is 13.4 Å². The molecular formula is C16H27N7O2S. The highest BCUT2D eigenvalue weighted by Crippen LogP contribution is 2.26. The third-order valence-corrected chi connectivity index (χ3v) is 7.24. The molecule has 4 heterocycles. The molecule has 2 atom stereocenters.